The van der Waals surface area contributed by atoms with E-state index in [1.165, 1.54) is 32.6 Å². The van der Waals surface area contributed by atoms with Gasteiger partial charge in [0.05, 0.1) is 44.5 Å². The molecule has 0 spiro atoms. The molecule has 7 nitrogen and oxygen atoms in total. The van der Waals surface area contributed by atoms with Crippen molar-refractivity contribution in [3.63, 3.8) is 0 Å². The summed E-state index contributed by atoms with van der Waals surface area (Å²) in [6.45, 7) is 13.2. The fraction of sp³-hybridized carbons (Fsp3) is 0.141. The third-order valence-electron chi connectivity index (χ3n) is 14.8. The predicted octanol–water partition coefficient (Wildman–Crippen LogP) is 17.3. The molecule has 14 aromatic rings. The van der Waals surface area contributed by atoms with Crippen LogP contribution in [-0.2, 0) is 0 Å². The lowest BCUT2D eigenvalue weighted by molar-refractivity contribution is 0.670. The SMILES string of the molecule is CC(C)c1ccc2c3c4cc(-c5cc6ccc(-c7cccc8c7oc7ccc(-c9nc(C(C)C)nc%10ccccc9%10)cc78)nc6c6nc(C(C)C)ccc56)ccc4ccc3c3nc4ccccc4n3c2c1. The summed E-state index contributed by atoms with van der Waals surface area (Å²) in [5.74, 6) is 1.65. The summed E-state index contributed by atoms with van der Waals surface area (Å²) in [4.78, 5) is 26.2. The molecule has 0 radical (unpaired) electrons. The molecule has 6 aromatic heterocycles. The van der Waals surface area contributed by atoms with E-state index in [4.69, 9.17) is 29.3 Å². The molecule has 14 rings (SSSR count). The van der Waals surface area contributed by atoms with E-state index in [2.05, 4.69) is 204 Å². The van der Waals surface area contributed by atoms with Crippen LogP contribution in [0.2, 0.25) is 0 Å². The Morgan fingerprint density at radius 2 is 1.20 bits per heavy atom. The first-order valence-corrected chi connectivity index (χ1v) is 24.8. The molecule has 0 aliphatic carbocycles. The number of fused-ring (bicyclic) bond motifs is 17. The van der Waals surface area contributed by atoms with Gasteiger partial charge in [0.2, 0.25) is 0 Å². The van der Waals surface area contributed by atoms with Gasteiger partial charge in [0.25, 0.3) is 0 Å². The predicted molar refractivity (Wildman–Crippen MR) is 295 cm³/mol. The average molecular weight is 917 g/mol. The monoisotopic (exact) mass is 916 g/mol. The number of hydrogen-bond donors (Lipinski definition) is 0. The molecular formula is C64H48N6O. The van der Waals surface area contributed by atoms with E-state index in [0.717, 1.165) is 122 Å². The van der Waals surface area contributed by atoms with E-state index in [0.29, 0.717) is 5.92 Å². The Hall–Kier alpha value is -8.55. The number of pyridine rings is 3. The number of benzene rings is 8. The molecular weight excluding hydrogens is 869 g/mol. The van der Waals surface area contributed by atoms with Crippen LogP contribution in [0.25, 0.3) is 137 Å². The second-order valence-electron chi connectivity index (χ2n) is 20.2. The first-order valence-electron chi connectivity index (χ1n) is 24.8. The molecule has 0 N–H and O–H groups in total. The van der Waals surface area contributed by atoms with Gasteiger partial charge >= 0.3 is 0 Å². The third kappa shape index (κ3) is 6.31. The van der Waals surface area contributed by atoms with Crippen molar-refractivity contribution in [2.75, 3.05) is 0 Å². The molecule has 0 aliphatic heterocycles. The maximum Gasteiger partial charge on any atom is 0.146 e. The maximum absolute atomic E-state index is 6.76. The minimum absolute atomic E-state index is 0.195. The van der Waals surface area contributed by atoms with Crippen molar-refractivity contribution in [1.82, 2.24) is 29.3 Å². The Labute approximate surface area is 409 Å². The number of furan rings is 1. The quantitative estimate of drug-likeness (QED) is 0.155. The van der Waals surface area contributed by atoms with Crippen LogP contribution in [0, 0.1) is 0 Å². The van der Waals surface area contributed by atoms with Gasteiger partial charge in [-0.05, 0) is 118 Å². The lowest BCUT2D eigenvalue weighted by Gasteiger charge is -2.16. The molecule has 71 heavy (non-hydrogen) atoms. The normalized spacial score (nSPS) is 12.5. The zero-order valence-electron chi connectivity index (χ0n) is 40.4. The van der Waals surface area contributed by atoms with Gasteiger partial charge in [-0.25, -0.2) is 19.9 Å². The summed E-state index contributed by atoms with van der Waals surface area (Å²) in [7, 11) is 0. The number of rotatable bonds is 6. The minimum atomic E-state index is 0.195. The molecule has 0 unspecified atom stereocenters. The summed E-state index contributed by atoms with van der Waals surface area (Å²) in [6.07, 6.45) is 0. The topological polar surface area (TPSA) is 82.0 Å². The Morgan fingerprint density at radius 1 is 0.437 bits per heavy atom. The molecule has 0 saturated heterocycles. The molecule has 0 fully saturated rings. The molecule has 0 bridgehead atoms. The highest BCUT2D eigenvalue weighted by molar-refractivity contribution is 6.25. The summed E-state index contributed by atoms with van der Waals surface area (Å²) < 4.78 is 9.12. The van der Waals surface area contributed by atoms with E-state index < -0.39 is 0 Å². The van der Waals surface area contributed by atoms with Gasteiger partial charge in [0.1, 0.15) is 22.6 Å². The lowest BCUT2D eigenvalue weighted by Crippen LogP contribution is -2.00. The standard InChI is InChI=1S/C64H48N6O/c1-34(2)38-21-24-46-56(33-38)70-55-17-10-9-16-54(55)68-64(70)47-25-20-37-18-19-39(30-49(37)58(46)47)48-31-41-22-27-53(66-60(41)61-42(48)26-28-51(65-61)35(3)4)45-14-11-13-43-50-32-40(23-29-57(50)71-62(43)45)59-44-12-7-8-15-52(44)67-63(69-59)36(5)6/h7-36H,1-6H3. The molecule has 6 heterocycles. The van der Waals surface area contributed by atoms with Crippen molar-refractivity contribution >= 4 is 104 Å². The van der Waals surface area contributed by atoms with Crippen LogP contribution in [0.3, 0.4) is 0 Å². The van der Waals surface area contributed by atoms with E-state index in [1.54, 1.807) is 0 Å². The van der Waals surface area contributed by atoms with Crippen LogP contribution in [0.4, 0.5) is 0 Å². The summed E-state index contributed by atoms with van der Waals surface area (Å²) >= 11 is 0. The van der Waals surface area contributed by atoms with Gasteiger partial charge in [0, 0.05) is 65.8 Å². The average Bonchev–Trinajstić information content (AvgIpc) is 3.99. The van der Waals surface area contributed by atoms with Gasteiger partial charge in [0.15, 0.2) is 0 Å². The fourth-order valence-electron chi connectivity index (χ4n) is 11.0. The van der Waals surface area contributed by atoms with Crippen LogP contribution >= 0.6 is 0 Å². The minimum Gasteiger partial charge on any atom is -0.455 e. The molecule has 0 atom stereocenters. The first kappa shape index (κ1) is 41.4. The van der Waals surface area contributed by atoms with E-state index in [9.17, 15) is 0 Å². The molecule has 7 heteroatoms. The van der Waals surface area contributed by atoms with Gasteiger partial charge in [-0.3, -0.25) is 9.38 Å². The number of imidazole rings is 1. The van der Waals surface area contributed by atoms with Crippen molar-refractivity contribution in [3.05, 3.63) is 181 Å². The van der Waals surface area contributed by atoms with E-state index in [1.807, 2.05) is 6.07 Å². The second kappa shape index (κ2) is 15.5. The van der Waals surface area contributed by atoms with Crippen LogP contribution < -0.4 is 0 Å². The van der Waals surface area contributed by atoms with Crippen molar-refractivity contribution in [2.45, 2.75) is 59.3 Å². The highest BCUT2D eigenvalue weighted by atomic mass is 16.3. The molecule has 340 valence electrons. The van der Waals surface area contributed by atoms with Gasteiger partial charge in [-0.1, -0.05) is 126 Å². The zero-order valence-corrected chi connectivity index (χ0v) is 40.4. The Balaban J connectivity index is 0.950. The van der Waals surface area contributed by atoms with E-state index >= 15 is 0 Å². The van der Waals surface area contributed by atoms with Crippen LogP contribution in [0.15, 0.2) is 168 Å². The largest absolute Gasteiger partial charge is 0.455 e. The van der Waals surface area contributed by atoms with Gasteiger partial charge in [-0.15, -0.1) is 0 Å². The highest BCUT2D eigenvalue weighted by Gasteiger charge is 2.21. The van der Waals surface area contributed by atoms with Gasteiger partial charge in [-0.2, -0.15) is 0 Å². The number of nitrogens with zero attached hydrogens (tertiary/aromatic N) is 6. The molecule has 0 saturated carbocycles. The molecule has 0 amide bonds. The van der Waals surface area contributed by atoms with Crippen molar-refractivity contribution in [2.24, 2.45) is 0 Å². The van der Waals surface area contributed by atoms with Crippen molar-refractivity contribution in [3.8, 4) is 33.6 Å². The molecule has 0 aliphatic rings. The second-order valence-corrected chi connectivity index (χ2v) is 20.2. The number of para-hydroxylation sites is 4. The number of hydrogen-bond acceptors (Lipinski definition) is 6. The first-order chi connectivity index (χ1) is 34.6. The fourth-order valence-corrected chi connectivity index (χ4v) is 11.0. The summed E-state index contributed by atoms with van der Waals surface area (Å²) in [5, 5.41) is 11.1. The van der Waals surface area contributed by atoms with Crippen LogP contribution in [0.5, 0.6) is 0 Å². The van der Waals surface area contributed by atoms with Crippen molar-refractivity contribution < 1.29 is 4.42 Å². The Bertz CT molecular complexity index is 4580. The summed E-state index contributed by atoms with van der Waals surface area (Å²) in [6, 6.07) is 59.0. The van der Waals surface area contributed by atoms with Crippen LogP contribution in [0.1, 0.15) is 76.4 Å². The Morgan fingerprint density at radius 3 is 2.06 bits per heavy atom. The number of aromatic nitrogens is 6. The summed E-state index contributed by atoms with van der Waals surface area (Å²) in [5.41, 5.74) is 16.9. The van der Waals surface area contributed by atoms with Crippen molar-refractivity contribution in [1.29, 1.82) is 0 Å². The molecule has 8 aromatic carbocycles. The highest BCUT2D eigenvalue weighted by Crippen LogP contribution is 2.43. The maximum atomic E-state index is 6.76. The zero-order chi connectivity index (χ0) is 47.8. The van der Waals surface area contributed by atoms with Gasteiger partial charge < -0.3 is 4.42 Å². The van der Waals surface area contributed by atoms with E-state index in [-0.39, 0.29) is 11.8 Å². The van der Waals surface area contributed by atoms with Crippen LogP contribution in [-0.4, -0.2) is 29.3 Å². The third-order valence-corrected chi connectivity index (χ3v) is 14.8. The lowest BCUT2D eigenvalue weighted by atomic mass is 9.92. The Kier molecular flexibility index (Phi) is 9.03. The smallest absolute Gasteiger partial charge is 0.146 e.